The molecule has 0 aliphatic rings. The highest BCUT2D eigenvalue weighted by Crippen LogP contribution is 2.24. The Morgan fingerprint density at radius 2 is 1.80 bits per heavy atom. The SMILES string of the molecule is COc1cc(F)cc(-c2cc[c]cc2)c1. The van der Waals surface area contributed by atoms with Crippen molar-refractivity contribution in [1.82, 2.24) is 0 Å². The molecule has 2 aromatic rings. The fourth-order valence-electron chi connectivity index (χ4n) is 1.43. The van der Waals surface area contributed by atoms with E-state index in [2.05, 4.69) is 6.07 Å². The van der Waals surface area contributed by atoms with E-state index in [4.69, 9.17) is 4.74 Å². The Kier molecular flexibility index (Phi) is 2.68. The first-order valence-electron chi connectivity index (χ1n) is 4.60. The summed E-state index contributed by atoms with van der Waals surface area (Å²) >= 11 is 0. The number of benzene rings is 2. The van der Waals surface area contributed by atoms with Crippen molar-refractivity contribution in [1.29, 1.82) is 0 Å². The molecule has 0 N–H and O–H groups in total. The molecule has 0 unspecified atom stereocenters. The van der Waals surface area contributed by atoms with Gasteiger partial charge in [0.2, 0.25) is 0 Å². The topological polar surface area (TPSA) is 9.23 Å². The fraction of sp³-hybridized carbons (Fsp3) is 0.0769. The summed E-state index contributed by atoms with van der Waals surface area (Å²) in [6, 6.07) is 14.9. The average Bonchev–Trinajstić information content (AvgIpc) is 2.29. The van der Waals surface area contributed by atoms with E-state index in [0.717, 1.165) is 11.1 Å². The van der Waals surface area contributed by atoms with Crippen LogP contribution in [-0.4, -0.2) is 7.11 Å². The highest BCUT2D eigenvalue weighted by Gasteiger charge is 2.02. The van der Waals surface area contributed by atoms with Crippen LogP contribution in [0.5, 0.6) is 5.75 Å². The maximum Gasteiger partial charge on any atom is 0.127 e. The molecule has 2 rings (SSSR count). The van der Waals surface area contributed by atoms with E-state index < -0.39 is 0 Å². The Bertz CT molecular complexity index is 451. The minimum Gasteiger partial charge on any atom is -0.497 e. The maximum absolute atomic E-state index is 13.2. The van der Waals surface area contributed by atoms with Crippen LogP contribution in [-0.2, 0) is 0 Å². The van der Waals surface area contributed by atoms with Crippen LogP contribution in [0.2, 0.25) is 0 Å². The molecule has 0 atom stereocenters. The number of hydrogen-bond acceptors (Lipinski definition) is 1. The van der Waals surface area contributed by atoms with E-state index in [0.29, 0.717) is 5.75 Å². The van der Waals surface area contributed by atoms with Crippen LogP contribution < -0.4 is 4.74 Å². The summed E-state index contributed by atoms with van der Waals surface area (Å²) in [4.78, 5) is 0. The molecule has 0 heterocycles. The van der Waals surface area contributed by atoms with Crippen LogP contribution >= 0.6 is 0 Å². The summed E-state index contributed by atoms with van der Waals surface area (Å²) < 4.78 is 18.2. The number of hydrogen-bond donors (Lipinski definition) is 0. The minimum atomic E-state index is -0.294. The van der Waals surface area contributed by atoms with Gasteiger partial charge in [0.15, 0.2) is 0 Å². The quantitative estimate of drug-likeness (QED) is 0.724. The summed E-state index contributed by atoms with van der Waals surface area (Å²) in [6.45, 7) is 0. The van der Waals surface area contributed by atoms with E-state index in [1.165, 1.54) is 19.2 Å². The molecule has 0 aromatic heterocycles. The molecule has 0 aliphatic carbocycles. The van der Waals surface area contributed by atoms with Crippen molar-refractivity contribution in [2.45, 2.75) is 0 Å². The lowest BCUT2D eigenvalue weighted by Crippen LogP contribution is -1.86. The summed E-state index contributed by atoms with van der Waals surface area (Å²) in [6.07, 6.45) is 0. The Hall–Kier alpha value is -1.83. The van der Waals surface area contributed by atoms with Crippen LogP contribution in [0.25, 0.3) is 11.1 Å². The van der Waals surface area contributed by atoms with Crippen LogP contribution in [0.4, 0.5) is 4.39 Å². The van der Waals surface area contributed by atoms with E-state index in [-0.39, 0.29) is 5.82 Å². The summed E-state index contributed by atoms with van der Waals surface area (Å²) in [5.74, 6) is 0.231. The smallest absolute Gasteiger partial charge is 0.127 e. The van der Waals surface area contributed by atoms with Gasteiger partial charge in [-0.1, -0.05) is 24.3 Å². The second kappa shape index (κ2) is 4.13. The molecule has 1 radical (unpaired) electrons. The molecule has 0 amide bonds. The third kappa shape index (κ3) is 2.15. The minimum absolute atomic E-state index is 0.294. The van der Waals surface area contributed by atoms with Crippen molar-refractivity contribution in [3.63, 3.8) is 0 Å². The van der Waals surface area contributed by atoms with Gasteiger partial charge in [-0.25, -0.2) is 4.39 Å². The molecule has 0 saturated heterocycles. The zero-order valence-electron chi connectivity index (χ0n) is 8.33. The summed E-state index contributed by atoms with van der Waals surface area (Å²) in [5.41, 5.74) is 1.76. The molecule has 1 nitrogen and oxygen atoms in total. The van der Waals surface area contributed by atoms with Gasteiger partial charge in [0.1, 0.15) is 11.6 Å². The summed E-state index contributed by atoms with van der Waals surface area (Å²) in [7, 11) is 1.53. The molecule has 2 heteroatoms. The van der Waals surface area contributed by atoms with E-state index in [9.17, 15) is 4.39 Å². The van der Waals surface area contributed by atoms with Gasteiger partial charge in [-0.15, -0.1) is 0 Å². The highest BCUT2D eigenvalue weighted by atomic mass is 19.1. The normalized spacial score (nSPS) is 10.0. The molecule has 0 fully saturated rings. The third-order valence-electron chi connectivity index (χ3n) is 2.16. The number of rotatable bonds is 2. The van der Waals surface area contributed by atoms with Crippen molar-refractivity contribution >= 4 is 0 Å². The van der Waals surface area contributed by atoms with E-state index >= 15 is 0 Å². The number of methoxy groups -OCH3 is 1. The van der Waals surface area contributed by atoms with Crippen molar-refractivity contribution in [3.8, 4) is 16.9 Å². The van der Waals surface area contributed by atoms with Crippen LogP contribution in [0, 0.1) is 11.9 Å². The van der Waals surface area contributed by atoms with E-state index in [1.807, 2.05) is 12.1 Å². The first-order valence-corrected chi connectivity index (χ1v) is 4.60. The number of halogens is 1. The largest absolute Gasteiger partial charge is 0.497 e. The van der Waals surface area contributed by atoms with Crippen LogP contribution in [0.15, 0.2) is 42.5 Å². The highest BCUT2D eigenvalue weighted by molar-refractivity contribution is 5.64. The molecule has 75 valence electrons. The molecular weight excluding hydrogens is 191 g/mol. The van der Waals surface area contributed by atoms with Gasteiger partial charge in [0.25, 0.3) is 0 Å². The molecule has 0 spiro atoms. The van der Waals surface area contributed by atoms with Crippen molar-refractivity contribution < 1.29 is 9.13 Å². The standard InChI is InChI=1S/C13H10FO/c1-15-13-8-11(7-12(14)9-13)10-5-3-2-4-6-10/h3-9H,1H3. The molecular formula is C13H10FO. The third-order valence-corrected chi connectivity index (χ3v) is 2.16. The van der Waals surface area contributed by atoms with Gasteiger partial charge in [0, 0.05) is 6.07 Å². The van der Waals surface area contributed by atoms with Crippen molar-refractivity contribution in [3.05, 3.63) is 54.3 Å². The van der Waals surface area contributed by atoms with Crippen molar-refractivity contribution in [2.75, 3.05) is 7.11 Å². The Labute approximate surface area is 88.1 Å². The van der Waals surface area contributed by atoms with Gasteiger partial charge in [-0.3, -0.25) is 0 Å². The molecule has 0 saturated carbocycles. The number of ether oxygens (including phenoxy) is 1. The second-order valence-corrected chi connectivity index (χ2v) is 3.17. The predicted octanol–water partition coefficient (Wildman–Crippen LogP) is 3.30. The van der Waals surface area contributed by atoms with Gasteiger partial charge >= 0.3 is 0 Å². The molecule has 2 aromatic carbocycles. The fourth-order valence-corrected chi connectivity index (χ4v) is 1.43. The summed E-state index contributed by atoms with van der Waals surface area (Å²) in [5, 5.41) is 0. The maximum atomic E-state index is 13.2. The lowest BCUT2D eigenvalue weighted by Gasteiger charge is -2.05. The van der Waals surface area contributed by atoms with Gasteiger partial charge < -0.3 is 4.74 Å². The second-order valence-electron chi connectivity index (χ2n) is 3.17. The zero-order valence-corrected chi connectivity index (χ0v) is 8.33. The van der Waals surface area contributed by atoms with Gasteiger partial charge in [0.05, 0.1) is 7.11 Å². The lowest BCUT2D eigenvalue weighted by atomic mass is 10.1. The van der Waals surface area contributed by atoms with Crippen molar-refractivity contribution in [2.24, 2.45) is 0 Å². The predicted molar refractivity (Wildman–Crippen MR) is 57.2 cm³/mol. The Balaban J connectivity index is 2.49. The van der Waals surface area contributed by atoms with Crippen LogP contribution in [0.3, 0.4) is 0 Å². The van der Waals surface area contributed by atoms with Gasteiger partial charge in [-0.2, -0.15) is 0 Å². The first kappa shape index (κ1) is 9.71. The van der Waals surface area contributed by atoms with Gasteiger partial charge in [-0.05, 0) is 29.3 Å². The Morgan fingerprint density at radius 1 is 1.07 bits per heavy atom. The first-order chi connectivity index (χ1) is 7.29. The van der Waals surface area contributed by atoms with Crippen LogP contribution in [0.1, 0.15) is 0 Å². The zero-order chi connectivity index (χ0) is 10.7. The van der Waals surface area contributed by atoms with E-state index in [1.54, 1.807) is 18.2 Å². The molecule has 0 bridgehead atoms. The average molecular weight is 201 g/mol. The Morgan fingerprint density at radius 3 is 2.47 bits per heavy atom. The monoisotopic (exact) mass is 201 g/mol. The molecule has 15 heavy (non-hydrogen) atoms. The molecule has 0 aliphatic heterocycles. The lowest BCUT2D eigenvalue weighted by molar-refractivity contribution is 0.411.